The van der Waals surface area contributed by atoms with Gasteiger partial charge in [0.1, 0.15) is 23.7 Å². The van der Waals surface area contributed by atoms with Gasteiger partial charge in [0.25, 0.3) is 0 Å². The number of alkyl halides is 3. The first-order valence-electron chi connectivity index (χ1n) is 20.3. The topological polar surface area (TPSA) is 182 Å². The zero-order chi connectivity index (χ0) is 43.8. The minimum atomic E-state index is -4.72. The summed E-state index contributed by atoms with van der Waals surface area (Å²) in [5, 5.41) is 8.21. The SMILES string of the molecule is COC(=O)N[C@H]1CCCCCOCC[C@@H](c2ncc(-c3ccc(C#Cc4cc5nc([C@@H]6CCCN6C(=O)[C@@H](NC(=O)OC)C(C)C)n(C)c5cc4C(F)(F)F)cc3)[nH]2)NC1=O. The van der Waals surface area contributed by atoms with Gasteiger partial charge in [0.15, 0.2) is 0 Å². The number of carbonyl (C=O) groups excluding carboxylic acids is 4. The molecule has 4 N–H and O–H groups in total. The molecule has 0 radical (unpaired) electrons. The minimum absolute atomic E-state index is 0.240. The Hall–Kier alpha value is -6.09. The highest BCUT2D eigenvalue weighted by Crippen LogP contribution is 2.38. The highest BCUT2D eigenvalue weighted by atomic mass is 19.4. The average molecular weight is 849 g/mol. The van der Waals surface area contributed by atoms with Gasteiger partial charge in [0.05, 0.1) is 54.8 Å². The molecule has 0 bridgehead atoms. The number of likely N-dealkylation sites (tertiary alicyclic amines) is 1. The Morgan fingerprint density at radius 3 is 2.43 bits per heavy atom. The fourth-order valence-electron chi connectivity index (χ4n) is 7.66. The Morgan fingerprint density at radius 1 is 0.967 bits per heavy atom. The molecule has 326 valence electrons. The number of carbonyl (C=O) groups is 4. The van der Waals surface area contributed by atoms with Crippen molar-refractivity contribution in [3.05, 3.63) is 70.9 Å². The van der Waals surface area contributed by atoms with Crippen LogP contribution in [0, 0.1) is 17.8 Å². The number of methoxy groups -OCH3 is 2. The van der Waals surface area contributed by atoms with Crippen molar-refractivity contribution in [2.24, 2.45) is 13.0 Å². The van der Waals surface area contributed by atoms with Crippen LogP contribution in [0.2, 0.25) is 0 Å². The predicted octanol–water partition coefficient (Wildman–Crippen LogP) is 6.29. The maximum atomic E-state index is 14.5. The molecule has 4 atom stereocenters. The smallest absolute Gasteiger partial charge is 0.417 e. The van der Waals surface area contributed by atoms with Crippen molar-refractivity contribution >= 4 is 35.0 Å². The molecule has 2 fully saturated rings. The average Bonchev–Trinajstić information content (AvgIpc) is 4.00. The number of amides is 4. The van der Waals surface area contributed by atoms with Gasteiger partial charge in [-0.3, -0.25) is 9.59 Å². The van der Waals surface area contributed by atoms with Crippen LogP contribution in [0.1, 0.15) is 99.2 Å². The number of nitrogens with zero attached hydrogens (tertiary/aromatic N) is 4. The summed E-state index contributed by atoms with van der Waals surface area (Å²) in [5.74, 6) is 5.56. The number of imidazole rings is 2. The van der Waals surface area contributed by atoms with E-state index in [1.807, 2.05) is 0 Å². The second-order valence-corrected chi connectivity index (χ2v) is 15.5. The van der Waals surface area contributed by atoms with Crippen molar-refractivity contribution in [2.75, 3.05) is 34.0 Å². The maximum Gasteiger partial charge on any atom is 0.417 e. The van der Waals surface area contributed by atoms with Gasteiger partial charge in [0.2, 0.25) is 11.8 Å². The Morgan fingerprint density at radius 2 is 1.72 bits per heavy atom. The van der Waals surface area contributed by atoms with E-state index >= 15 is 0 Å². The number of rotatable bonds is 7. The zero-order valence-corrected chi connectivity index (χ0v) is 34.8. The number of ether oxygens (including phenoxy) is 3. The molecule has 6 rings (SSSR count). The van der Waals surface area contributed by atoms with E-state index in [-0.39, 0.29) is 28.8 Å². The summed E-state index contributed by atoms with van der Waals surface area (Å²) in [5.41, 5.74) is 1.20. The van der Waals surface area contributed by atoms with E-state index in [2.05, 4.69) is 37.8 Å². The Labute approximate surface area is 351 Å². The molecule has 2 aromatic carbocycles. The van der Waals surface area contributed by atoms with Gasteiger partial charge in [0, 0.05) is 37.9 Å². The van der Waals surface area contributed by atoms with Gasteiger partial charge in [-0.2, -0.15) is 13.2 Å². The van der Waals surface area contributed by atoms with Gasteiger partial charge in [-0.15, -0.1) is 0 Å². The minimum Gasteiger partial charge on any atom is -0.453 e. The molecular weight excluding hydrogens is 798 g/mol. The van der Waals surface area contributed by atoms with Crippen molar-refractivity contribution in [2.45, 2.75) is 89.1 Å². The first-order chi connectivity index (χ1) is 29.2. The molecule has 0 aliphatic carbocycles. The lowest BCUT2D eigenvalue weighted by Gasteiger charge is -2.30. The lowest BCUT2D eigenvalue weighted by Crippen LogP contribution is -2.51. The summed E-state index contributed by atoms with van der Waals surface area (Å²) in [6.07, 6.45) is -0.0714. The summed E-state index contributed by atoms with van der Waals surface area (Å²) in [6, 6.07) is 6.56. The van der Waals surface area contributed by atoms with Crippen LogP contribution in [0.25, 0.3) is 22.3 Å². The van der Waals surface area contributed by atoms with E-state index in [1.54, 1.807) is 60.8 Å². The summed E-state index contributed by atoms with van der Waals surface area (Å²) in [6.45, 7) is 4.96. The molecule has 0 spiro atoms. The highest BCUT2D eigenvalue weighted by molar-refractivity contribution is 5.87. The Kier molecular flexibility index (Phi) is 14.2. The lowest BCUT2D eigenvalue weighted by atomic mass is 10.0. The van der Waals surface area contributed by atoms with Gasteiger partial charge >= 0.3 is 18.4 Å². The van der Waals surface area contributed by atoms with Gasteiger partial charge in [-0.1, -0.05) is 50.7 Å². The quantitative estimate of drug-likeness (QED) is 0.156. The molecule has 2 aliphatic heterocycles. The molecule has 4 amide bonds. The lowest BCUT2D eigenvalue weighted by molar-refractivity contribution is -0.137. The second-order valence-electron chi connectivity index (χ2n) is 15.5. The number of nitrogens with one attached hydrogen (secondary N) is 4. The third-order valence-electron chi connectivity index (χ3n) is 11.0. The summed E-state index contributed by atoms with van der Waals surface area (Å²) >= 11 is 0. The number of hydrogen-bond donors (Lipinski definition) is 4. The summed E-state index contributed by atoms with van der Waals surface area (Å²) in [4.78, 5) is 65.1. The largest absolute Gasteiger partial charge is 0.453 e. The number of alkyl carbamates (subject to hydrolysis) is 2. The Bertz CT molecular complexity index is 2280. The standard InChI is InChI=1S/C43H51F3N8O7/c1-25(2)36(52-42(58)60-5)40(56)54-19-9-11-34(54)38-49-32-22-28(29(43(44,45)46)23-35(32)53(38)3)17-14-26-12-15-27(16-13-26)33-24-47-37(48-33)30-18-21-61-20-8-6-7-10-31(39(55)50-30)51-41(57)59-4/h12-13,15-16,22-25,30-31,34,36H,6-11,18-21H2,1-5H3,(H,47,48)(H,50,55)(H,51,57)(H,52,58)/t30-,31-,34-,36-/m0/s1. The van der Waals surface area contributed by atoms with E-state index in [9.17, 15) is 32.3 Å². The number of aromatic amines is 1. The first-order valence-corrected chi connectivity index (χ1v) is 20.3. The van der Waals surface area contributed by atoms with Crippen LogP contribution in [0.4, 0.5) is 22.8 Å². The van der Waals surface area contributed by atoms with E-state index in [0.717, 1.165) is 30.9 Å². The number of benzene rings is 2. The number of aromatic nitrogens is 4. The number of fused-ring (bicyclic) bond motifs is 1. The van der Waals surface area contributed by atoms with Crippen LogP contribution < -0.4 is 16.0 Å². The third-order valence-corrected chi connectivity index (χ3v) is 11.0. The van der Waals surface area contributed by atoms with E-state index in [4.69, 9.17) is 19.2 Å². The predicted molar refractivity (Wildman–Crippen MR) is 218 cm³/mol. The molecule has 0 unspecified atom stereocenters. The molecular formula is C43H51F3N8O7. The fourth-order valence-corrected chi connectivity index (χ4v) is 7.66. The number of halogens is 3. The second kappa shape index (κ2) is 19.5. The van der Waals surface area contributed by atoms with Crippen molar-refractivity contribution in [3.63, 3.8) is 0 Å². The normalized spacial score (nSPS) is 19.5. The molecule has 0 saturated carbocycles. The van der Waals surface area contributed by atoms with E-state index < -0.39 is 48.1 Å². The van der Waals surface area contributed by atoms with Crippen LogP contribution in [-0.2, 0) is 37.0 Å². The van der Waals surface area contributed by atoms with Crippen molar-refractivity contribution in [3.8, 4) is 23.1 Å². The summed E-state index contributed by atoms with van der Waals surface area (Å²) < 4.78 is 60.5. The molecule has 2 saturated heterocycles. The molecule has 4 heterocycles. The number of aryl methyl sites for hydroxylation is 1. The van der Waals surface area contributed by atoms with Gasteiger partial charge in [-0.25, -0.2) is 19.6 Å². The highest BCUT2D eigenvalue weighted by Gasteiger charge is 2.39. The maximum absolute atomic E-state index is 14.5. The molecule has 18 heteroatoms. The zero-order valence-electron chi connectivity index (χ0n) is 34.8. The third kappa shape index (κ3) is 10.6. The molecule has 2 aliphatic rings. The number of hydrogen-bond acceptors (Lipinski definition) is 9. The molecule has 2 aromatic heterocycles. The van der Waals surface area contributed by atoms with Crippen LogP contribution >= 0.6 is 0 Å². The fraction of sp³-hybridized carbons (Fsp3) is 0.488. The van der Waals surface area contributed by atoms with Crippen molar-refractivity contribution < 1.29 is 46.6 Å². The van der Waals surface area contributed by atoms with Gasteiger partial charge < -0.3 is 44.6 Å². The molecule has 15 nitrogen and oxygen atoms in total. The number of H-pyrrole nitrogens is 1. The molecule has 4 aromatic rings. The van der Waals surface area contributed by atoms with Crippen LogP contribution in [0.5, 0.6) is 0 Å². The van der Waals surface area contributed by atoms with Gasteiger partial charge in [-0.05, 0) is 67.9 Å². The first kappa shape index (κ1) is 44.5. The van der Waals surface area contributed by atoms with Crippen LogP contribution in [0.15, 0.2) is 42.6 Å². The van der Waals surface area contributed by atoms with Crippen LogP contribution in [0.3, 0.4) is 0 Å². The monoisotopic (exact) mass is 848 g/mol. The van der Waals surface area contributed by atoms with Crippen molar-refractivity contribution in [1.29, 1.82) is 0 Å². The Balaban J connectivity index is 1.22. The van der Waals surface area contributed by atoms with E-state index in [0.29, 0.717) is 73.9 Å². The summed E-state index contributed by atoms with van der Waals surface area (Å²) in [7, 11) is 4.08. The van der Waals surface area contributed by atoms with Crippen molar-refractivity contribution in [1.82, 2.24) is 40.4 Å². The molecule has 61 heavy (non-hydrogen) atoms. The van der Waals surface area contributed by atoms with E-state index in [1.165, 1.54) is 20.3 Å². The van der Waals surface area contributed by atoms with Crippen LogP contribution in [-0.4, -0.2) is 94.5 Å².